The first-order valence-corrected chi connectivity index (χ1v) is 5.92. The SMILES string of the molecule is CCc1ccc2c(c1)nc(C(C)N)n2CC. The minimum absolute atomic E-state index is 0.0163. The highest BCUT2D eigenvalue weighted by molar-refractivity contribution is 5.77. The number of imidazole rings is 1. The number of aromatic nitrogens is 2. The lowest BCUT2D eigenvalue weighted by Crippen LogP contribution is -2.12. The second kappa shape index (κ2) is 4.26. The first kappa shape index (κ1) is 11.1. The van der Waals surface area contributed by atoms with Crippen LogP contribution in [0.3, 0.4) is 0 Å². The maximum atomic E-state index is 5.94. The van der Waals surface area contributed by atoms with Gasteiger partial charge in [-0.3, -0.25) is 0 Å². The molecule has 0 fully saturated rings. The smallest absolute Gasteiger partial charge is 0.126 e. The quantitative estimate of drug-likeness (QED) is 0.859. The summed E-state index contributed by atoms with van der Waals surface area (Å²) in [5.74, 6) is 0.978. The third-order valence-electron chi connectivity index (χ3n) is 2.97. The molecule has 2 rings (SSSR count). The summed E-state index contributed by atoms with van der Waals surface area (Å²) in [4.78, 5) is 4.63. The monoisotopic (exact) mass is 217 g/mol. The van der Waals surface area contributed by atoms with Crippen LogP contribution in [0.15, 0.2) is 18.2 Å². The topological polar surface area (TPSA) is 43.8 Å². The van der Waals surface area contributed by atoms with Gasteiger partial charge in [0, 0.05) is 6.54 Å². The molecule has 2 aromatic rings. The Kier molecular flexibility index (Phi) is 2.97. The summed E-state index contributed by atoms with van der Waals surface area (Å²) in [6.07, 6.45) is 1.04. The zero-order valence-corrected chi connectivity index (χ0v) is 10.2. The van der Waals surface area contributed by atoms with Crippen LogP contribution in [0.5, 0.6) is 0 Å². The third-order valence-corrected chi connectivity index (χ3v) is 2.97. The van der Waals surface area contributed by atoms with Gasteiger partial charge >= 0.3 is 0 Å². The van der Waals surface area contributed by atoms with Gasteiger partial charge in [-0.1, -0.05) is 13.0 Å². The zero-order valence-electron chi connectivity index (χ0n) is 10.2. The second-order valence-electron chi connectivity index (χ2n) is 4.18. The predicted octanol–water partition coefficient (Wildman–Crippen LogP) is 2.64. The Morgan fingerprint density at radius 2 is 2.12 bits per heavy atom. The van der Waals surface area contributed by atoms with Crippen LogP contribution >= 0.6 is 0 Å². The summed E-state index contributed by atoms with van der Waals surface area (Å²) in [7, 11) is 0. The molecule has 0 aliphatic rings. The molecule has 0 bridgehead atoms. The molecule has 0 radical (unpaired) electrons. The van der Waals surface area contributed by atoms with Crippen molar-refractivity contribution >= 4 is 11.0 Å². The average Bonchev–Trinajstić information content (AvgIpc) is 2.66. The van der Waals surface area contributed by atoms with Crippen LogP contribution in [0.25, 0.3) is 11.0 Å². The van der Waals surface area contributed by atoms with E-state index in [1.807, 2.05) is 6.92 Å². The van der Waals surface area contributed by atoms with E-state index < -0.39 is 0 Å². The number of benzene rings is 1. The standard InChI is InChI=1S/C13H19N3/c1-4-10-6-7-12-11(8-10)15-13(9(3)14)16(12)5-2/h6-9H,4-5,14H2,1-3H3. The highest BCUT2D eigenvalue weighted by atomic mass is 15.1. The number of hydrogen-bond donors (Lipinski definition) is 1. The third kappa shape index (κ3) is 1.71. The number of fused-ring (bicyclic) bond motifs is 1. The van der Waals surface area contributed by atoms with Crippen LogP contribution in [-0.4, -0.2) is 9.55 Å². The van der Waals surface area contributed by atoms with Crippen LogP contribution in [0.4, 0.5) is 0 Å². The summed E-state index contributed by atoms with van der Waals surface area (Å²) in [6, 6.07) is 6.46. The largest absolute Gasteiger partial charge is 0.327 e. The summed E-state index contributed by atoms with van der Waals surface area (Å²) in [5.41, 5.74) is 9.52. The minimum Gasteiger partial charge on any atom is -0.327 e. The fraction of sp³-hybridized carbons (Fsp3) is 0.462. The van der Waals surface area contributed by atoms with E-state index in [0.29, 0.717) is 0 Å². The van der Waals surface area contributed by atoms with Gasteiger partial charge in [0.25, 0.3) is 0 Å². The van der Waals surface area contributed by atoms with E-state index in [9.17, 15) is 0 Å². The molecule has 0 spiro atoms. The lowest BCUT2D eigenvalue weighted by Gasteiger charge is -2.08. The molecule has 1 aromatic heterocycles. The number of aryl methyl sites for hydroxylation is 2. The Morgan fingerprint density at radius 3 is 2.69 bits per heavy atom. The molecule has 1 unspecified atom stereocenters. The van der Waals surface area contributed by atoms with Crippen molar-refractivity contribution in [3.8, 4) is 0 Å². The van der Waals surface area contributed by atoms with Crippen molar-refractivity contribution in [2.45, 2.75) is 39.8 Å². The van der Waals surface area contributed by atoms with Gasteiger partial charge in [0.2, 0.25) is 0 Å². The van der Waals surface area contributed by atoms with Crippen molar-refractivity contribution in [2.75, 3.05) is 0 Å². The summed E-state index contributed by atoms with van der Waals surface area (Å²) in [6.45, 7) is 7.18. The van der Waals surface area contributed by atoms with Crippen molar-refractivity contribution in [3.63, 3.8) is 0 Å². The van der Waals surface area contributed by atoms with Crippen molar-refractivity contribution in [1.29, 1.82) is 0 Å². The van der Waals surface area contributed by atoms with Gasteiger partial charge < -0.3 is 10.3 Å². The molecule has 0 saturated carbocycles. The fourth-order valence-electron chi connectivity index (χ4n) is 2.09. The number of hydrogen-bond acceptors (Lipinski definition) is 2. The van der Waals surface area contributed by atoms with Gasteiger partial charge in [-0.15, -0.1) is 0 Å². The Labute approximate surface area is 96.3 Å². The number of rotatable bonds is 3. The Balaban J connectivity index is 2.66. The van der Waals surface area contributed by atoms with Crippen LogP contribution in [0.2, 0.25) is 0 Å². The summed E-state index contributed by atoms with van der Waals surface area (Å²) < 4.78 is 2.19. The Bertz CT molecular complexity index is 497. The van der Waals surface area contributed by atoms with E-state index in [4.69, 9.17) is 5.73 Å². The maximum Gasteiger partial charge on any atom is 0.126 e. The van der Waals surface area contributed by atoms with Gasteiger partial charge in [0.1, 0.15) is 5.82 Å². The lowest BCUT2D eigenvalue weighted by atomic mass is 10.1. The molecule has 16 heavy (non-hydrogen) atoms. The molecule has 0 amide bonds. The van der Waals surface area contributed by atoms with Crippen molar-refractivity contribution in [3.05, 3.63) is 29.6 Å². The molecule has 2 N–H and O–H groups in total. The first-order chi connectivity index (χ1) is 7.67. The van der Waals surface area contributed by atoms with E-state index in [-0.39, 0.29) is 6.04 Å². The van der Waals surface area contributed by atoms with Gasteiger partial charge in [-0.2, -0.15) is 0 Å². The predicted molar refractivity (Wildman–Crippen MR) is 67.4 cm³/mol. The molecule has 3 nitrogen and oxygen atoms in total. The highest BCUT2D eigenvalue weighted by Crippen LogP contribution is 2.21. The molecule has 1 aromatic carbocycles. The minimum atomic E-state index is -0.0163. The summed E-state index contributed by atoms with van der Waals surface area (Å²) in [5, 5.41) is 0. The van der Waals surface area contributed by atoms with Gasteiger partial charge in [-0.05, 0) is 38.0 Å². The van der Waals surface area contributed by atoms with Gasteiger partial charge in [-0.25, -0.2) is 4.98 Å². The van der Waals surface area contributed by atoms with E-state index in [1.54, 1.807) is 0 Å². The van der Waals surface area contributed by atoms with Crippen LogP contribution in [0.1, 0.15) is 38.2 Å². The normalized spacial score (nSPS) is 13.2. The fourth-order valence-corrected chi connectivity index (χ4v) is 2.09. The van der Waals surface area contributed by atoms with Crippen molar-refractivity contribution in [2.24, 2.45) is 5.73 Å². The molecular weight excluding hydrogens is 198 g/mol. The molecule has 0 aliphatic heterocycles. The molecule has 0 saturated heterocycles. The van der Waals surface area contributed by atoms with Gasteiger partial charge in [0.15, 0.2) is 0 Å². The van der Waals surface area contributed by atoms with Crippen LogP contribution in [0, 0.1) is 0 Å². The van der Waals surface area contributed by atoms with Crippen molar-refractivity contribution < 1.29 is 0 Å². The molecule has 1 heterocycles. The molecule has 1 atom stereocenters. The second-order valence-corrected chi connectivity index (χ2v) is 4.18. The van der Waals surface area contributed by atoms with E-state index in [2.05, 4.69) is 41.6 Å². The van der Waals surface area contributed by atoms with Crippen molar-refractivity contribution in [1.82, 2.24) is 9.55 Å². The van der Waals surface area contributed by atoms with E-state index in [1.165, 1.54) is 11.1 Å². The van der Waals surface area contributed by atoms with E-state index in [0.717, 1.165) is 24.3 Å². The van der Waals surface area contributed by atoms with Gasteiger partial charge in [0.05, 0.1) is 17.1 Å². The van der Waals surface area contributed by atoms with Crippen LogP contribution < -0.4 is 5.73 Å². The molecule has 86 valence electrons. The molecule has 0 aliphatic carbocycles. The Morgan fingerprint density at radius 1 is 1.38 bits per heavy atom. The number of nitrogens with zero attached hydrogens (tertiary/aromatic N) is 2. The molecular formula is C13H19N3. The Hall–Kier alpha value is -1.35. The lowest BCUT2D eigenvalue weighted by molar-refractivity contribution is 0.650. The average molecular weight is 217 g/mol. The summed E-state index contributed by atoms with van der Waals surface area (Å²) >= 11 is 0. The highest BCUT2D eigenvalue weighted by Gasteiger charge is 2.12. The van der Waals surface area contributed by atoms with E-state index >= 15 is 0 Å². The van der Waals surface area contributed by atoms with Crippen LogP contribution in [-0.2, 0) is 13.0 Å². The first-order valence-electron chi connectivity index (χ1n) is 5.92. The molecule has 3 heteroatoms. The zero-order chi connectivity index (χ0) is 11.7. The maximum absolute atomic E-state index is 5.94. The number of nitrogens with two attached hydrogens (primary N) is 1.